The van der Waals surface area contributed by atoms with Crippen molar-refractivity contribution in [3.63, 3.8) is 0 Å². The number of epoxide rings is 1. The predicted molar refractivity (Wildman–Crippen MR) is 59.8 cm³/mol. The highest BCUT2D eigenvalue weighted by Crippen LogP contribution is 2.32. The quantitative estimate of drug-likeness (QED) is 0.691. The maximum atomic E-state index is 5.98. The van der Waals surface area contributed by atoms with Crippen molar-refractivity contribution in [2.24, 2.45) is 0 Å². The van der Waals surface area contributed by atoms with Crippen LogP contribution < -0.4 is 0 Å². The lowest BCUT2D eigenvalue weighted by molar-refractivity contribution is -0.0198. The van der Waals surface area contributed by atoms with E-state index in [1.807, 2.05) is 18.2 Å². The Labute approximate surface area is 91.2 Å². The van der Waals surface area contributed by atoms with E-state index in [4.69, 9.17) is 9.47 Å². The van der Waals surface area contributed by atoms with E-state index in [1.165, 1.54) is 5.56 Å². The van der Waals surface area contributed by atoms with E-state index < -0.39 is 0 Å². The van der Waals surface area contributed by atoms with Gasteiger partial charge in [-0.25, -0.2) is 0 Å². The zero-order valence-electron chi connectivity index (χ0n) is 9.35. The van der Waals surface area contributed by atoms with E-state index >= 15 is 0 Å². The summed E-state index contributed by atoms with van der Waals surface area (Å²) in [6, 6.07) is 10.3. The second kappa shape index (κ2) is 4.77. The molecule has 0 N–H and O–H groups in total. The van der Waals surface area contributed by atoms with Crippen LogP contribution in [0.2, 0.25) is 0 Å². The minimum absolute atomic E-state index is 0.112. The number of rotatable bonds is 5. The Bertz CT molecular complexity index is 293. The zero-order valence-corrected chi connectivity index (χ0v) is 9.35. The third-order valence-corrected chi connectivity index (χ3v) is 2.78. The van der Waals surface area contributed by atoms with Gasteiger partial charge in [-0.1, -0.05) is 37.3 Å². The molecule has 1 aromatic carbocycles. The number of hydrogen-bond donors (Lipinski definition) is 0. The third kappa shape index (κ3) is 2.80. The molecule has 0 saturated carbocycles. The van der Waals surface area contributed by atoms with E-state index in [-0.39, 0.29) is 12.2 Å². The summed E-state index contributed by atoms with van der Waals surface area (Å²) in [5, 5.41) is 0. The van der Waals surface area contributed by atoms with E-state index in [2.05, 4.69) is 26.0 Å². The van der Waals surface area contributed by atoms with Crippen LogP contribution in [0.1, 0.15) is 31.9 Å². The van der Waals surface area contributed by atoms with Crippen molar-refractivity contribution in [1.82, 2.24) is 0 Å². The van der Waals surface area contributed by atoms with Gasteiger partial charge in [0.25, 0.3) is 0 Å². The van der Waals surface area contributed by atoms with E-state index in [0.717, 1.165) is 13.0 Å². The van der Waals surface area contributed by atoms with Crippen molar-refractivity contribution >= 4 is 0 Å². The van der Waals surface area contributed by atoms with Crippen LogP contribution in [0, 0.1) is 0 Å². The molecule has 2 heteroatoms. The Kier molecular flexibility index (Phi) is 3.39. The van der Waals surface area contributed by atoms with Crippen LogP contribution in [0.4, 0.5) is 0 Å². The smallest absolute Gasteiger partial charge is 0.111 e. The molecule has 1 aliphatic heterocycles. The normalized spacial score (nSPS) is 23.5. The number of ether oxygens (including phenoxy) is 2. The van der Waals surface area contributed by atoms with Gasteiger partial charge in [-0.2, -0.15) is 0 Å². The second-order valence-corrected chi connectivity index (χ2v) is 4.06. The molecule has 82 valence electrons. The van der Waals surface area contributed by atoms with Gasteiger partial charge < -0.3 is 9.47 Å². The Morgan fingerprint density at radius 2 is 2.07 bits per heavy atom. The lowest BCUT2D eigenvalue weighted by Gasteiger charge is -2.20. The Balaban J connectivity index is 2.06. The first-order valence-electron chi connectivity index (χ1n) is 5.63. The van der Waals surface area contributed by atoms with Crippen LogP contribution in [-0.4, -0.2) is 18.8 Å². The monoisotopic (exact) mass is 206 g/mol. The van der Waals surface area contributed by atoms with Crippen LogP contribution in [0.3, 0.4) is 0 Å². The zero-order chi connectivity index (χ0) is 10.7. The van der Waals surface area contributed by atoms with Crippen molar-refractivity contribution in [1.29, 1.82) is 0 Å². The first kappa shape index (κ1) is 10.7. The first-order chi connectivity index (χ1) is 7.31. The number of hydrogen-bond acceptors (Lipinski definition) is 2. The molecule has 3 unspecified atom stereocenters. The van der Waals surface area contributed by atoms with Gasteiger partial charge >= 0.3 is 0 Å². The molecule has 0 aromatic heterocycles. The van der Waals surface area contributed by atoms with Gasteiger partial charge in [0.1, 0.15) is 12.2 Å². The molecule has 0 spiro atoms. The molecular weight excluding hydrogens is 188 g/mol. The van der Waals surface area contributed by atoms with Crippen LogP contribution in [0.15, 0.2) is 30.3 Å². The highest BCUT2D eigenvalue weighted by molar-refractivity contribution is 5.19. The molecule has 2 nitrogen and oxygen atoms in total. The molecule has 1 aromatic rings. The summed E-state index contributed by atoms with van der Waals surface area (Å²) in [4.78, 5) is 0. The maximum absolute atomic E-state index is 5.98. The number of benzene rings is 1. The maximum Gasteiger partial charge on any atom is 0.111 e. The lowest BCUT2D eigenvalue weighted by atomic mass is 10.1. The van der Waals surface area contributed by atoms with E-state index in [9.17, 15) is 0 Å². The molecule has 1 aliphatic rings. The van der Waals surface area contributed by atoms with Crippen LogP contribution in [0.25, 0.3) is 0 Å². The van der Waals surface area contributed by atoms with Crippen molar-refractivity contribution in [3.8, 4) is 0 Å². The van der Waals surface area contributed by atoms with Crippen LogP contribution >= 0.6 is 0 Å². The highest BCUT2D eigenvalue weighted by atomic mass is 16.6. The lowest BCUT2D eigenvalue weighted by Crippen LogP contribution is -2.17. The first-order valence-corrected chi connectivity index (χ1v) is 5.63. The van der Waals surface area contributed by atoms with Crippen LogP contribution in [0.5, 0.6) is 0 Å². The fourth-order valence-electron chi connectivity index (χ4n) is 1.60. The third-order valence-electron chi connectivity index (χ3n) is 2.78. The fraction of sp³-hybridized carbons (Fsp3) is 0.538. The molecule has 3 atom stereocenters. The van der Waals surface area contributed by atoms with Crippen molar-refractivity contribution in [2.45, 2.75) is 38.6 Å². The standard InChI is InChI=1S/C13H18O2/c1-3-10(2)15-13(12-9-14-12)11-7-5-4-6-8-11/h4-8,10,12-13H,3,9H2,1-2H3. The molecule has 0 radical (unpaired) electrons. The highest BCUT2D eigenvalue weighted by Gasteiger charge is 2.35. The van der Waals surface area contributed by atoms with Gasteiger partial charge in [0.15, 0.2) is 0 Å². The van der Waals surface area contributed by atoms with Gasteiger partial charge in [-0.05, 0) is 18.9 Å². The van der Waals surface area contributed by atoms with E-state index in [0.29, 0.717) is 6.10 Å². The second-order valence-electron chi connectivity index (χ2n) is 4.06. The van der Waals surface area contributed by atoms with Crippen molar-refractivity contribution in [2.75, 3.05) is 6.61 Å². The molecule has 1 saturated heterocycles. The molecule has 0 aliphatic carbocycles. The van der Waals surface area contributed by atoms with E-state index in [1.54, 1.807) is 0 Å². The van der Waals surface area contributed by atoms with Gasteiger partial charge in [0.2, 0.25) is 0 Å². The Morgan fingerprint density at radius 1 is 1.40 bits per heavy atom. The molecule has 2 rings (SSSR count). The van der Waals surface area contributed by atoms with Crippen molar-refractivity contribution < 1.29 is 9.47 Å². The fourth-order valence-corrected chi connectivity index (χ4v) is 1.60. The van der Waals surface area contributed by atoms with Gasteiger partial charge in [0.05, 0.1) is 12.7 Å². The summed E-state index contributed by atoms with van der Waals surface area (Å²) < 4.78 is 11.3. The molecule has 1 fully saturated rings. The minimum atomic E-state index is 0.112. The van der Waals surface area contributed by atoms with Gasteiger partial charge in [-0.3, -0.25) is 0 Å². The summed E-state index contributed by atoms with van der Waals surface area (Å²) in [5.74, 6) is 0. The predicted octanol–water partition coefficient (Wildman–Crippen LogP) is 2.94. The van der Waals surface area contributed by atoms with Crippen molar-refractivity contribution in [3.05, 3.63) is 35.9 Å². The molecule has 0 amide bonds. The molecule has 15 heavy (non-hydrogen) atoms. The summed E-state index contributed by atoms with van der Waals surface area (Å²) >= 11 is 0. The van der Waals surface area contributed by atoms with Gasteiger partial charge in [0, 0.05) is 0 Å². The Morgan fingerprint density at radius 3 is 2.60 bits per heavy atom. The molecule has 0 bridgehead atoms. The molecule has 1 heterocycles. The largest absolute Gasteiger partial charge is 0.370 e. The Hall–Kier alpha value is -0.860. The van der Waals surface area contributed by atoms with Gasteiger partial charge in [-0.15, -0.1) is 0 Å². The van der Waals surface area contributed by atoms with Crippen LogP contribution in [-0.2, 0) is 9.47 Å². The minimum Gasteiger partial charge on any atom is -0.370 e. The topological polar surface area (TPSA) is 21.8 Å². The summed E-state index contributed by atoms with van der Waals surface area (Å²) in [6.45, 7) is 5.08. The summed E-state index contributed by atoms with van der Waals surface area (Å²) in [5.41, 5.74) is 1.22. The SMILES string of the molecule is CCC(C)OC(c1ccccc1)C1CO1. The summed E-state index contributed by atoms with van der Waals surface area (Å²) in [7, 11) is 0. The average molecular weight is 206 g/mol. The molecular formula is C13H18O2. The average Bonchev–Trinajstić information content (AvgIpc) is 3.10. The summed E-state index contributed by atoms with van der Waals surface area (Å²) in [6.07, 6.45) is 1.71.